The van der Waals surface area contributed by atoms with Gasteiger partial charge in [0.1, 0.15) is 0 Å². The number of methoxy groups -OCH3 is 1. The molecule has 4 nitrogen and oxygen atoms in total. The molecule has 0 aliphatic rings. The smallest absolute Gasteiger partial charge is 0.0631 e. The molecule has 2 aromatic rings. The molecular weight excluding hydrogens is 250 g/mol. The Hall–Kier alpha value is -1.65. The first-order valence-corrected chi connectivity index (χ1v) is 7.02. The first kappa shape index (κ1) is 14.8. The zero-order valence-corrected chi connectivity index (χ0v) is 12.2. The van der Waals surface area contributed by atoms with Crippen LogP contribution in [-0.4, -0.2) is 36.6 Å². The summed E-state index contributed by atoms with van der Waals surface area (Å²) >= 11 is 0. The second kappa shape index (κ2) is 7.82. The minimum atomic E-state index is 0.433. The van der Waals surface area contributed by atoms with E-state index in [1.807, 2.05) is 17.9 Å². The molecule has 2 rings (SSSR count). The summed E-state index contributed by atoms with van der Waals surface area (Å²) in [5, 5.41) is 7.94. The van der Waals surface area contributed by atoms with Crippen LogP contribution in [0.5, 0.6) is 0 Å². The lowest BCUT2D eigenvalue weighted by Crippen LogP contribution is -2.26. The highest BCUT2D eigenvalue weighted by molar-refractivity contribution is 5.22. The van der Waals surface area contributed by atoms with Crippen molar-refractivity contribution < 1.29 is 4.74 Å². The van der Waals surface area contributed by atoms with Crippen molar-refractivity contribution in [3.63, 3.8) is 0 Å². The van der Waals surface area contributed by atoms with E-state index in [2.05, 4.69) is 46.8 Å². The Morgan fingerprint density at radius 1 is 1.25 bits per heavy atom. The average molecular weight is 273 g/mol. The Balaban J connectivity index is 2.00. The molecule has 0 spiro atoms. The molecule has 0 aliphatic carbocycles. The predicted octanol–water partition coefficient (Wildman–Crippen LogP) is 1.98. The monoisotopic (exact) mass is 273 g/mol. The second-order valence-electron chi connectivity index (χ2n) is 4.99. The van der Waals surface area contributed by atoms with Gasteiger partial charge < -0.3 is 10.1 Å². The largest absolute Gasteiger partial charge is 0.383 e. The number of ether oxygens (including phenoxy) is 1. The van der Waals surface area contributed by atoms with Crippen LogP contribution in [0, 0.1) is 0 Å². The lowest BCUT2D eigenvalue weighted by Gasteiger charge is -2.17. The van der Waals surface area contributed by atoms with Crippen LogP contribution < -0.4 is 5.32 Å². The van der Waals surface area contributed by atoms with Crippen molar-refractivity contribution in [2.75, 3.05) is 26.8 Å². The third-order valence-electron chi connectivity index (χ3n) is 3.37. The average Bonchev–Trinajstić information content (AvgIpc) is 2.88. The summed E-state index contributed by atoms with van der Waals surface area (Å²) in [6.07, 6.45) is 2.95. The number of rotatable bonds is 8. The molecule has 0 aliphatic heterocycles. The third kappa shape index (κ3) is 4.47. The molecule has 0 radical (unpaired) electrons. The Labute approximate surface area is 120 Å². The molecule has 1 heterocycles. The summed E-state index contributed by atoms with van der Waals surface area (Å²) in [5.74, 6) is 0.433. The van der Waals surface area contributed by atoms with Crippen LogP contribution in [0.25, 0.3) is 0 Å². The van der Waals surface area contributed by atoms with Gasteiger partial charge in [-0.15, -0.1) is 0 Å². The van der Waals surface area contributed by atoms with Gasteiger partial charge in [0.05, 0.1) is 12.3 Å². The molecule has 108 valence electrons. The normalized spacial score (nSPS) is 12.5. The fraction of sp³-hybridized carbons (Fsp3) is 0.438. The Morgan fingerprint density at radius 2 is 2.05 bits per heavy atom. The molecule has 20 heavy (non-hydrogen) atoms. The molecule has 0 fully saturated rings. The molecule has 1 aromatic heterocycles. The van der Waals surface area contributed by atoms with E-state index in [4.69, 9.17) is 4.74 Å². The summed E-state index contributed by atoms with van der Waals surface area (Å²) in [5.41, 5.74) is 2.48. The fourth-order valence-corrected chi connectivity index (χ4v) is 2.31. The highest BCUT2D eigenvalue weighted by Crippen LogP contribution is 2.19. The molecule has 1 aromatic carbocycles. The first-order valence-electron chi connectivity index (χ1n) is 7.02. The summed E-state index contributed by atoms with van der Waals surface area (Å²) in [6.45, 7) is 2.55. The van der Waals surface area contributed by atoms with Gasteiger partial charge in [0.2, 0.25) is 0 Å². The van der Waals surface area contributed by atoms with Gasteiger partial charge in [0.15, 0.2) is 0 Å². The summed E-state index contributed by atoms with van der Waals surface area (Å²) in [6, 6.07) is 12.7. The number of aryl methyl sites for hydroxylation is 1. The number of hydrogen-bond donors (Lipinski definition) is 1. The molecule has 1 N–H and O–H groups in total. The Morgan fingerprint density at radius 3 is 2.70 bits per heavy atom. The number of nitrogens with one attached hydrogen (secondary N) is 1. The molecule has 4 heteroatoms. The van der Waals surface area contributed by atoms with Crippen LogP contribution in [0.15, 0.2) is 42.6 Å². The van der Waals surface area contributed by atoms with Gasteiger partial charge in [-0.3, -0.25) is 4.68 Å². The van der Waals surface area contributed by atoms with Crippen LogP contribution in [0.3, 0.4) is 0 Å². The lowest BCUT2D eigenvalue weighted by atomic mass is 9.94. The van der Waals surface area contributed by atoms with Gasteiger partial charge >= 0.3 is 0 Å². The van der Waals surface area contributed by atoms with E-state index in [9.17, 15) is 0 Å². The first-order chi connectivity index (χ1) is 9.79. The van der Waals surface area contributed by atoms with Crippen molar-refractivity contribution >= 4 is 0 Å². The van der Waals surface area contributed by atoms with E-state index < -0.39 is 0 Å². The minimum Gasteiger partial charge on any atom is -0.383 e. The SMILES string of the molecule is COCCNCC(Cc1ccn(C)n1)c1ccccc1. The van der Waals surface area contributed by atoms with Crippen LogP contribution >= 0.6 is 0 Å². The van der Waals surface area contributed by atoms with Crippen LogP contribution in [0.4, 0.5) is 0 Å². The van der Waals surface area contributed by atoms with Crippen molar-refractivity contribution in [3.05, 3.63) is 53.9 Å². The summed E-state index contributed by atoms with van der Waals surface area (Å²) in [4.78, 5) is 0. The number of aromatic nitrogens is 2. The van der Waals surface area contributed by atoms with Crippen molar-refractivity contribution in [2.45, 2.75) is 12.3 Å². The van der Waals surface area contributed by atoms with Crippen LogP contribution in [0.1, 0.15) is 17.2 Å². The zero-order valence-electron chi connectivity index (χ0n) is 12.2. The van der Waals surface area contributed by atoms with Crippen molar-refractivity contribution in [3.8, 4) is 0 Å². The molecule has 0 saturated carbocycles. The molecule has 1 unspecified atom stereocenters. The summed E-state index contributed by atoms with van der Waals surface area (Å²) in [7, 11) is 3.68. The van der Waals surface area contributed by atoms with Crippen molar-refractivity contribution in [2.24, 2.45) is 7.05 Å². The maximum Gasteiger partial charge on any atom is 0.0631 e. The summed E-state index contributed by atoms with van der Waals surface area (Å²) < 4.78 is 6.93. The highest BCUT2D eigenvalue weighted by Gasteiger charge is 2.13. The Kier molecular flexibility index (Phi) is 5.77. The van der Waals surface area contributed by atoms with E-state index in [0.717, 1.165) is 31.8 Å². The number of hydrogen-bond acceptors (Lipinski definition) is 3. The minimum absolute atomic E-state index is 0.433. The van der Waals surface area contributed by atoms with E-state index in [0.29, 0.717) is 5.92 Å². The second-order valence-corrected chi connectivity index (χ2v) is 4.99. The van der Waals surface area contributed by atoms with E-state index >= 15 is 0 Å². The van der Waals surface area contributed by atoms with Crippen molar-refractivity contribution in [1.82, 2.24) is 15.1 Å². The maximum atomic E-state index is 5.07. The van der Waals surface area contributed by atoms with Gasteiger partial charge in [-0.05, 0) is 18.1 Å². The maximum absolute atomic E-state index is 5.07. The van der Waals surface area contributed by atoms with Gasteiger partial charge in [0, 0.05) is 39.4 Å². The molecular formula is C16H23N3O. The van der Waals surface area contributed by atoms with Gasteiger partial charge in [-0.25, -0.2) is 0 Å². The van der Waals surface area contributed by atoms with Crippen molar-refractivity contribution in [1.29, 1.82) is 0 Å². The standard InChI is InChI=1S/C16H23N3O/c1-19-10-8-16(18-19)12-15(13-17-9-11-20-2)14-6-4-3-5-7-14/h3-8,10,15,17H,9,11-13H2,1-2H3. The highest BCUT2D eigenvalue weighted by atomic mass is 16.5. The fourth-order valence-electron chi connectivity index (χ4n) is 2.31. The molecule has 1 atom stereocenters. The molecule has 0 bridgehead atoms. The predicted molar refractivity (Wildman–Crippen MR) is 80.8 cm³/mol. The third-order valence-corrected chi connectivity index (χ3v) is 3.37. The van der Waals surface area contributed by atoms with Gasteiger partial charge in [-0.2, -0.15) is 5.10 Å². The number of benzene rings is 1. The zero-order chi connectivity index (χ0) is 14.2. The van der Waals surface area contributed by atoms with Crippen LogP contribution in [-0.2, 0) is 18.2 Å². The number of nitrogens with zero attached hydrogens (tertiary/aromatic N) is 2. The van der Waals surface area contributed by atoms with Crippen LogP contribution in [0.2, 0.25) is 0 Å². The lowest BCUT2D eigenvalue weighted by molar-refractivity contribution is 0.199. The quantitative estimate of drug-likeness (QED) is 0.748. The van der Waals surface area contributed by atoms with Gasteiger partial charge in [-0.1, -0.05) is 30.3 Å². The topological polar surface area (TPSA) is 39.1 Å². The molecule has 0 amide bonds. The Bertz CT molecular complexity index is 495. The van der Waals surface area contributed by atoms with E-state index in [1.54, 1.807) is 7.11 Å². The van der Waals surface area contributed by atoms with Gasteiger partial charge in [0.25, 0.3) is 0 Å². The van der Waals surface area contributed by atoms with E-state index in [-0.39, 0.29) is 0 Å². The van der Waals surface area contributed by atoms with E-state index in [1.165, 1.54) is 5.56 Å². The molecule has 0 saturated heterocycles.